The molecule has 1 aromatic rings. The lowest BCUT2D eigenvalue weighted by atomic mass is 10.1. The molecule has 0 spiro atoms. The second-order valence-corrected chi connectivity index (χ2v) is 3.78. The van der Waals surface area contributed by atoms with Crippen molar-refractivity contribution < 1.29 is 27.8 Å². The molecule has 0 aliphatic carbocycles. The number of hydrogen-bond acceptors (Lipinski definition) is 5. The Kier molecular flexibility index (Phi) is 4.54. The number of carbonyl (C=O) groups excluding carboxylic acids is 1. The normalized spacial score (nSPS) is 16.4. The van der Waals surface area contributed by atoms with E-state index in [4.69, 9.17) is 5.73 Å². The molecule has 1 aromatic carbocycles. The highest BCUT2D eigenvalue weighted by Crippen LogP contribution is 2.41. The fourth-order valence-electron chi connectivity index (χ4n) is 1.61. The lowest BCUT2D eigenvalue weighted by Gasteiger charge is -2.09. The first-order valence-corrected chi connectivity index (χ1v) is 5.13. The average Bonchev–Trinajstić information content (AvgIpc) is 2.61. The summed E-state index contributed by atoms with van der Waals surface area (Å²) in [5, 5.41) is 0. The van der Waals surface area contributed by atoms with Crippen LogP contribution in [0.15, 0.2) is 18.2 Å². The van der Waals surface area contributed by atoms with E-state index >= 15 is 0 Å². The van der Waals surface area contributed by atoms with Crippen LogP contribution >= 0.6 is 12.4 Å². The largest absolute Gasteiger partial charge is 0.586 e. The van der Waals surface area contributed by atoms with Gasteiger partial charge in [-0.25, -0.2) is 0 Å². The molecule has 1 atom stereocenters. The minimum atomic E-state index is -3.65. The highest BCUT2D eigenvalue weighted by Gasteiger charge is 2.43. The van der Waals surface area contributed by atoms with Crippen molar-refractivity contribution in [2.24, 2.45) is 5.73 Å². The summed E-state index contributed by atoms with van der Waals surface area (Å²) in [5.74, 6) is -0.692. The highest BCUT2D eigenvalue weighted by molar-refractivity contribution is 5.85. The quantitative estimate of drug-likeness (QED) is 0.855. The van der Waals surface area contributed by atoms with Crippen molar-refractivity contribution in [3.8, 4) is 11.5 Å². The Labute approximate surface area is 114 Å². The van der Waals surface area contributed by atoms with Crippen LogP contribution < -0.4 is 15.2 Å². The van der Waals surface area contributed by atoms with Crippen molar-refractivity contribution in [1.29, 1.82) is 0 Å². The monoisotopic (exact) mass is 295 g/mol. The zero-order valence-corrected chi connectivity index (χ0v) is 10.7. The Morgan fingerprint density at radius 2 is 2.05 bits per heavy atom. The first kappa shape index (κ1) is 15.5. The van der Waals surface area contributed by atoms with E-state index in [0.29, 0.717) is 5.56 Å². The fraction of sp³-hybridized carbons (Fsp3) is 0.364. The van der Waals surface area contributed by atoms with Crippen LogP contribution in [-0.4, -0.2) is 25.4 Å². The molecule has 106 valence electrons. The van der Waals surface area contributed by atoms with Crippen molar-refractivity contribution in [3.05, 3.63) is 23.8 Å². The topological polar surface area (TPSA) is 70.8 Å². The molecule has 2 N–H and O–H groups in total. The van der Waals surface area contributed by atoms with E-state index in [1.807, 2.05) is 0 Å². The molecule has 2 rings (SSSR count). The van der Waals surface area contributed by atoms with Crippen LogP contribution in [0, 0.1) is 0 Å². The smallest absolute Gasteiger partial charge is 0.468 e. The lowest BCUT2D eigenvalue weighted by molar-refractivity contribution is -0.286. The number of benzene rings is 1. The molecule has 0 amide bonds. The molecule has 1 aliphatic rings. The molecule has 0 unspecified atom stereocenters. The standard InChI is InChI=1S/C11H11F2NO4.ClH/c1-16-10(15)7(14)4-6-2-3-8-9(5-6)18-11(12,13)17-8;/h2-3,5,7H,4,14H2,1H3;1H/t7-;/m1./s1. The van der Waals surface area contributed by atoms with Crippen LogP contribution in [0.3, 0.4) is 0 Å². The number of rotatable bonds is 3. The maximum Gasteiger partial charge on any atom is 0.586 e. The van der Waals surface area contributed by atoms with Crippen molar-refractivity contribution in [2.45, 2.75) is 18.8 Å². The predicted molar refractivity (Wildman–Crippen MR) is 63.6 cm³/mol. The van der Waals surface area contributed by atoms with Gasteiger partial charge in [0.2, 0.25) is 0 Å². The second kappa shape index (κ2) is 5.58. The van der Waals surface area contributed by atoms with Crippen LogP contribution in [0.25, 0.3) is 0 Å². The molecule has 0 saturated carbocycles. The maximum atomic E-state index is 12.8. The molecule has 1 heterocycles. The number of fused-ring (bicyclic) bond motifs is 1. The van der Waals surface area contributed by atoms with E-state index in [-0.39, 0.29) is 30.3 Å². The third kappa shape index (κ3) is 3.45. The molecule has 5 nitrogen and oxygen atoms in total. The van der Waals surface area contributed by atoms with E-state index in [9.17, 15) is 13.6 Å². The summed E-state index contributed by atoms with van der Waals surface area (Å²) in [6.07, 6.45) is -3.49. The summed E-state index contributed by atoms with van der Waals surface area (Å²) in [7, 11) is 1.22. The van der Waals surface area contributed by atoms with E-state index in [2.05, 4.69) is 14.2 Å². The summed E-state index contributed by atoms with van der Waals surface area (Å²) in [6.45, 7) is 0. The van der Waals surface area contributed by atoms with Crippen molar-refractivity contribution in [3.63, 3.8) is 0 Å². The SMILES string of the molecule is COC(=O)[C@H](N)Cc1ccc2c(c1)OC(F)(F)O2.Cl. The molecule has 1 aliphatic heterocycles. The number of ether oxygens (including phenoxy) is 3. The average molecular weight is 296 g/mol. The molecule has 8 heteroatoms. The van der Waals surface area contributed by atoms with Crippen molar-refractivity contribution in [1.82, 2.24) is 0 Å². The van der Waals surface area contributed by atoms with Crippen molar-refractivity contribution >= 4 is 18.4 Å². The Balaban J connectivity index is 0.00000180. The fourth-order valence-corrected chi connectivity index (χ4v) is 1.61. The molecule has 0 radical (unpaired) electrons. The Morgan fingerprint density at radius 3 is 2.68 bits per heavy atom. The number of methoxy groups -OCH3 is 1. The number of alkyl halides is 2. The van der Waals surface area contributed by atoms with Gasteiger partial charge in [0.15, 0.2) is 11.5 Å². The van der Waals surface area contributed by atoms with Crippen LogP contribution in [0.4, 0.5) is 8.78 Å². The number of carbonyl (C=O) groups is 1. The summed E-state index contributed by atoms with van der Waals surface area (Å²) >= 11 is 0. The van der Waals surface area contributed by atoms with Gasteiger partial charge in [0.1, 0.15) is 6.04 Å². The summed E-state index contributed by atoms with van der Waals surface area (Å²) < 4.78 is 38.5. The number of hydrogen-bond donors (Lipinski definition) is 1. The van der Waals surface area contributed by atoms with Gasteiger partial charge in [-0.05, 0) is 24.1 Å². The zero-order valence-electron chi connectivity index (χ0n) is 9.89. The molecular weight excluding hydrogens is 284 g/mol. The maximum absolute atomic E-state index is 12.8. The van der Waals surface area contributed by atoms with Crippen LogP contribution in [0.5, 0.6) is 11.5 Å². The third-order valence-electron chi connectivity index (χ3n) is 2.43. The first-order chi connectivity index (χ1) is 8.41. The van der Waals surface area contributed by atoms with Gasteiger partial charge >= 0.3 is 12.3 Å². The van der Waals surface area contributed by atoms with E-state index in [1.165, 1.54) is 25.3 Å². The minimum absolute atomic E-state index is 0. The number of halogens is 3. The Hall–Kier alpha value is -1.60. The van der Waals surface area contributed by atoms with Crippen LogP contribution in [-0.2, 0) is 16.0 Å². The van der Waals surface area contributed by atoms with Gasteiger partial charge < -0.3 is 19.9 Å². The third-order valence-corrected chi connectivity index (χ3v) is 2.43. The molecular formula is C11H12ClF2NO4. The van der Waals surface area contributed by atoms with Gasteiger partial charge in [0.25, 0.3) is 0 Å². The summed E-state index contributed by atoms with van der Waals surface area (Å²) in [4.78, 5) is 11.1. The first-order valence-electron chi connectivity index (χ1n) is 5.13. The van der Waals surface area contributed by atoms with Gasteiger partial charge in [0, 0.05) is 0 Å². The molecule has 0 saturated heterocycles. The second-order valence-electron chi connectivity index (χ2n) is 3.78. The predicted octanol–water partition coefficient (Wildman–Crippen LogP) is 1.47. The van der Waals surface area contributed by atoms with Crippen LogP contribution in [0.2, 0.25) is 0 Å². The van der Waals surface area contributed by atoms with Gasteiger partial charge in [-0.1, -0.05) is 6.07 Å². The van der Waals surface area contributed by atoms with Gasteiger partial charge in [-0.2, -0.15) is 0 Å². The van der Waals surface area contributed by atoms with Gasteiger partial charge in [-0.15, -0.1) is 21.2 Å². The summed E-state index contributed by atoms with van der Waals surface area (Å²) in [6, 6.07) is 3.39. The highest BCUT2D eigenvalue weighted by atomic mass is 35.5. The summed E-state index contributed by atoms with van der Waals surface area (Å²) in [5.41, 5.74) is 6.14. The van der Waals surface area contributed by atoms with Crippen LogP contribution in [0.1, 0.15) is 5.56 Å². The molecule has 0 aromatic heterocycles. The molecule has 0 fully saturated rings. The molecule has 0 bridgehead atoms. The van der Waals surface area contributed by atoms with Gasteiger partial charge in [0.05, 0.1) is 7.11 Å². The van der Waals surface area contributed by atoms with E-state index < -0.39 is 18.3 Å². The minimum Gasteiger partial charge on any atom is -0.468 e. The lowest BCUT2D eigenvalue weighted by Crippen LogP contribution is -2.33. The van der Waals surface area contributed by atoms with Crippen molar-refractivity contribution in [2.75, 3.05) is 7.11 Å². The Morgan fingerprint density at radius 1 is 1.42 bits per heavy atom. The zero-order chi connectivity index (χ0) is 13.3. The molecule has 19 heavy (non-hydrogen) atoms. The Bertz CT molecular complexity index is 484. The van der Waals surface area contributed by atoms with Gasteiger partial charge in [-0.3, -0.25) is 4.79 Å². The number of nitrogens with two attached hydrogens (primary N) is 1. The number of esters is 1. The van der Waals surface area contributed by atoms with E-state index in [0.717, 1.165) is 0 Å². The van der Waals surface area contributed by atoms with E-state index in [1.54, 1.807) is 0 Å².